The van der Waals surface area contributed by atoms with Crippen LogP contribution in [0.5, 0.6) is 0 Å². The standard InChI is InChI=1S/C14H21ClO2S/c1-2-3-4-8-11-13(16)14(15)18(17)12-9-6-5-7-10-12/h5-7,9-10,13-14,16H,2-4,8,11H2,1H3. The second kappa shape index (κ2) is 8.68. The summed E-state index contributed by atoms with van der Waals surface area (Å²) in [6.07, 6.45) is 4.27. The molecule has 4 heteroatoms. The molecule has 0 saturated heterocycles. The second-order valence-electron chi connectivity index (χ2n) is 4.38. The summed E-state index contributed by atoms with van der Waals surface area (Å²) in [5, 5.41) is 9.92. The molecule has 3 unspecified atom stereocenters. The summed E-state index contributed by atoms with van der Waals surface area (Å²) >= 11 is 6.08. The van der Waals surface area contributed by atoms with Crippen molar-refractivity contribution in [3.8, 4) is 0 Å². The number of aliphatic hydroxyl groups excluding tert-OH is 1. The van der Waals surface area contributed by atoms with Crippen molar-refractivity contribution in [2.45, 2.75) is 54.7 Å². The van der Waals surface area contributed by atoms with Crippen molar-refractivity contribution in [2.75, 3.05) is 0 Å². The van der Waals surface area contributed by atoms with E-state index in [1.807, 2.05) is 18.2 Å². The van der Waals surface area contributed by atoms with Crippen LogP contribution in [0.25, 0.3) is 0 Å². The lowest BCUT2D eigenvalue weighted by atomic mass is 10.1. The lowest BCUT2D eigenvalue weighted by Crippen LogP contribution is -2.25. The lowest BCUT2D eigenvalue weighted by Gasteiger charge is -2.16. The number of unbranched alkanes of at least 4 members (excludes halogenated alkanes) is 3. The van der Waals surface area contributed by atoms with E-state index in [2.05, 4.69) is 6.92 Å². The molecule has 1 aromatic rings. The molecule has 3 atom stereocenters. The highest BCUT2D eigenvalue weighted by Crippen LogP contribution is 2.20. The van der Waals surface area contributed by atoms with Crippen molar-refractivity contribution in [3.05, 3.63) is 30.3 Å². The Bertz CT molecular complexity index is 356. The van der Waals surface area contributed by atoms with Crippen molar-refractivity contribution < 1.29 is 9.32 Å². The number of aliphatic hydroxyl groups is 1. The maximum Gasteiger partial charge on any atom is 0.139 e. The van der Waals surface area contributed by atoms with E-state index in [0.717, 1.165) is 19.3 Å². The fourth-order valence-corrected chi connectivity index (χ4v) is 3.28. The van der Waals surface area contributed by atoms with Crippen LogP contribution in [0, 0.1) is 0 Å². The number of hydrogen-bond acceptors (Lipinski definition) is 2. The Balaban J connectivity index is 2.43. The molecular formula is C14H21ClO2S. The third-order valence-corrected chi connectivity index (χ3v) is 5.07. The summed E-state index contributed by atoms with van der Waals surface area (Å²) < 4.78 is 11.4. The van der Waals surface area contributed by atoms with E-state index in [-0.39, 0.29) is 0 Å². The van der Waals surface area contributed by atoms with E-state index in [0.29, 0.717) is 11.3 Å². The molecule has 0 radical (unpaired) electrons. The van der Waals surface area contributed by atoms with Gasteiger partial charge in [0.05, 0.1) is 16.9 Å². The Morgan fingerprint density at radius 3 is 2.50 bits per heavy atom. The minimum absolute atomic E-state index is 0.618. The van der Waals surface area contributed by atoms with Crippen LogP contribution >= 0.6 is 11.6 Å². The van der Waals surface area contributed by atoms with Crippen LogP contribution in [0.4, 0.5) is 0 Å². The number of hydrogen-bond donors (Lipinski definition) is 1. The second-order valence-corrected chi connectivity index (χ2v) is 6.68. The van der Waals surface area contributed by atoms with Gasteiger partial charge in [0.1, 0.15) is 4.71 Å². The van der Waals surface area contributed by atoms with Gasteiger partial charge in [-0.3, -0.25) is 4.21 Å². The third-order valence-electron chi connectivity index (χ3n) is 2.84. The smallest absolute Gasteiger partial charge is 0.139 e. The average molecular weight is 289 g/mol. The predicted molar refractivity (Wildman–Crippen MR) is 77.3 cm³/mol. The first-order valence-corrected chi connectivity index (χ1v) is 8.09. The van der Waals surface area contributed by atoms with Crippen molar-refractivity contribution in [3.63, 3.8) is 0 Å². The Hall–Kier alpha value is -0.380. The Labute approximate surface area is 117 Å². The zero-order valence-electron chi connectivity index (χ0n) is 10.7. The Kier molecular flexibility index (Phi) is 7.56. The zero-order valence-corrected chi connectivity index (χ0v) is 12.3. The van der Waals surface area contributed by atoms with Gasteiger partial charge >= 0.3 is 0 Å². The van der Waals surface area contributed by atoms with Crippen LogP contribution < -0.4 is 0 Å². The molecule has 102 valence electrons. The van der Waals surface area contributed by atoms with Crippen LogP contribution in [0.15, 0.2) is 35.2 Å². The largest absolute Gasteiger partial charge is 0.391 e. The molecule has 1 rings (SSSR count). The monoisotopic (exact) mass is 288 g/mol. The van der Waals surface area contributed by atoms with E-state index in [4.69, 9.17) is 11.6 Å². The third kappa shape index (κ3) is 5.09. The van der Waals surface area contributed by atoms with Gasteiger partial charge in [0, 0.05) is 4.90 Å². The fourth-order valence-electron chi connectivity index (χ4n) is 1.74. The van der Waals surface area contributed by atoms with E-state index < -0.39 is 21.6 Å². The summed E-state index contributed by atoms with van der Waals surface area (Å²) in [4.78, 5) is 0.671. The predicted octanol–water partition coefficient (Wildman–Crippen LogP) is 3.69. The summed E-state index contributed by atoms with van der Waals surface area (Å²) in [6, 6.07) is 9.06. The average Bonchev–Trinajstić information content (AvgIpc) is 2.42. The first-order chi connectivity index (χ1) is 8.66. The molecule has 0 spiro atoms. The number of rotatable bonds is 8. The van der Waals surface area contributed by atoms with Crippen LogP contribution in [-0.2, 0) is 10.8 Å². The minimum Gasteiger partial charge on any atom is -0.391 e. The molecule has 1 aromatic carbocycles. The highest BCUT2D eigenvalue weighted by Gasteiger charge is 2.23. The van der Waals surface area contributed by atoms with Crippen LogP contribution in [0.3, 0.4) is 0 Å². The van der Waals surface area contributed by atoms with Crippen molar-refractivity contribution in [1.29, 1.82) is 0 Å². The molecule has 2 nitrogen and oxygen atoms in total. The van der Waals surface area contributed by atoms with Gasteiger partial charge in [0.25, 0.3) is 0 Å². The minimum atomic E-state index is -1.35. The van der Waals surface area contributed by atoms with Crippen LogP contribution in [0.1, 0.15) is 39.0 Å². The van der Waals surface area contributed by atoms with Crippen molar-refractivity contribution in [2.24, 2.45) is 0 Å². The van der Waals surface area contributed by atoms with Gasteiger partial charge in [-0.25, -0.2) is 0 Å². The molecular weight excluding hydrogens is 268 g/mol. The summed E-state index contributed by atoms with van der Waals surface area (Å²) in [7, 11) is -1.35. The summed E-state index contributed by atoms with van der Waals surface area (Å²) in [5.74, 6) is 0. The normalized spacial score (nSPS) is 16.2. The summed E-state index contributed by atoms with van der Waals surface area (Å²) in [6.45, 7) is 2.14. The van der Waals surface area contributed by atoms with Gasteiger partial charge < -0.3 is 5.11 Å². The van der Waals surface area contributed by atoms with Gasteiger partial charge in [-0.05, 0) is 18.6 Å². The van der Waals surface area contributed by atoms with Crippen LogP contribution in [-0.4, -0.2) is 20.1 Å². The number of halogens is 1. The van der Waals surface area contributed by atoms with E-state index in [1.54, 1.807) is 12.1 Å². The fraction of sp³-hybridized carbons (Fsp3) is 0.571. The molecule has 0 aliphatic rings. The molecule has 0 fully saturated rings. The first kappa shape index (κ1) is 15.7. The molecule has 0 aliphatic heterocycles. The van der Waals surface area contributed by atoms with Gasteiger partial charge in [0.15, 0.2) is 0 Å². The van der Waals surface area contributed by atoms with E-state index in [9.17, 15) is 9.32 Å². The number of benzene rings is 1. The van der Waals surface area contributed by atoms with Gasteiger partial charge in [0.2, 0.25) is 0 Å². The SMILES string of the molecule is CCCCCCC(O)C(Cl)S(=O)c1ccccc1. The Morgan fingerprint density at radius 1 is 1.22 bits per heavy atom. The topological polar surface area (TPSA) is 37.3 Å². The molecule has 0 saturated carbocycles. The maximum absolute atomic E-state index is 12.1. The molecule has 1 N–H and O–H groups in total. The molecule has 0 heterocycles. The van der Waals surface area contributed by atoms with Crippen molar-refractivity contribution >= 4 is 22.4 Å². The van der Waals surface area contributed by atoms with Crippen LogP contribution in [0.2, 0.25) is 0 Å². The van der Waals surface area contributed by atoms with Gasteiger partial charge in [-0.15, -0.1) is 11.6 Å². The molecule has 0 aromatic heterocycles. The molecule has 18 heavy (non-hydrogen) atoms. The lowest BCUT2D eigenvalue weighted by molar-refractivity contribution is 0.174. The quantitative estimate of drug-likeness (QED) is 0.585. The zero-order chi connectivity index (χ0) is 13.4. The van der Waals surface area contributed by atoms with Crippen molar-refractivity contribution in [1.82, 2.24) is 0 Å². The highest BCUT2D eigenvalue weighted by atomic mass is 35.5. The van der Waals surface area contributed by atoms with E-state index in [1.165, 1.54) is 6.42 Å². The van der Waals surface area contributed by atoms with Gasteiger partial charge in [-0.1, -0.05) is 50.8 Å². The van der Waals surface area contributed by atoms with Gasteiger partial charge in [-0.2, -0.15) is 0 Å². The highest BCUT2D eigenvalue weighted by molar-refractivity contribution is 7.87. The first-order valence-electron chi connectivity index (χ1n) is 6.44. The number of alkyl halides is 1. The maximum atomic E-state index is 12.1. The summed E-state index contributed by atoms with van der Waals surface area (Å²) in [5.41, 5.74) is 0. The molecule has 0 aliphatic carbocycles. The molecule has 0 amide bonds. The van der Waals surface area contributed by atoms with E-state index >= 15 is 0 Å². The molecule has 0 bridgehead atoms. The Morgan fingerprint density at radius 2 is 1.89 bits per heavy atom.